The molecular weight excluding hydrogens is 164 g/mol. The highest BCUT2D eigenvalue weighted by molar-refractivity contribution is 5.78. The SMILES string of the molecule is CC(C)C(=O)N1CC(N)C2(CC2)C1. The first-order chi connectivity index (χ1) is 6.05. The molecule has 3 nitrogen and oxygen atoms in total. The van der Waals surface area contributed by atoms with Gasteiger partial charge in [-0.2, -0.15) is 0 Å². The van der Waals surface area contributed by atoms with Gasteiger partial charge in [-0.1, -0.05) is 13.8 Å². The van der Waals surface area contributed by atoms with E-state index in [1.807, 2.05) is 18.7 Å². The van der Waals surface area contributed by atoms with Crippen LogP contribution in [0.4, 0.5) is 0 Å². The Kier molecular flexibility index (Phi) is 1.88. The summed E-state index contributed by atoms with van der Waals surface area (Å²) in [4.78, 5) is 13.6. The van der Waals surface area contributed by atoms with Gasteiger partial charge in [-0.3, -0.25) is 4.79 Å². The molecule has 1 saturated heterocycles. The second-order valence-corrected chi connectivity index (χ2v) is 4.84. The van der Waals surface area contributed by atoms with Crippen LogP contribution in [0.5, 0.6) is 0 Å². The van der Waals surface area contributed by atoms with Crippen LogP contribution in [0, 0.1) is 11.3 Å². The fourth-order valence-electron chi connectivity index (χ4n) is 2.22. The molecule has 0 aromatic rings. The minimum Gasteiger partial charge on any atom is -0.340 e. The quantitative estimate of drug-likeness (QED) is 0.645. The Morgan fingerprint density at radius 2 is 2.15 bits per heavy atom. The number of amides is 1. The van der Waals surface area contributed by atoms with E-state index in [4.69, 9.17) is 5.73 Å². The minimum absolute atomic E-state index is 0.112. The molecule has 3 heteroatoms. The summed E-state index contributed by atoms with van der Waals surface area (Å²) in [5.41, 5.74) is 6.33. The van der Waals surface area contributed by atoms with Crippen LogP contribution in [0.25, 0.3) is 0 Å². The van der Waals surface area contributed by atoms with E-state index in [1.165, 1.54) is 12.8 Å². The lowest BCUT2D eigenvalue weighted by atomic mass is 10.0. The van der Waals surface area contributed by atoms with E-state index < -0.39 is 0 Å². The van der Waals surface area contributed by atoms with Crippen molar-refractivity contribution in [3.8, 4) is 0 Å². The average Bonchev–Trinajstić information content (AvgIpc) is 2.75. The van der Waals surface area contributed by atoms with Gasteiger partial charge in [-0.25, -0.2) is 0 Å². The highest BCUT2D eigenvalue weighted by Gasteiger charge is 2.54. The van der Waals surface area contributed by atoms with Gasteiger partial charge in [0, 0.05) is 30.5 Å². The molecule has 1 saturated carbocycles. The van der Waals surface area contributed by atoms with Gasteiger partial charge in [0.15, 0.2) is 0 Å². The van der Waals surface area contributed by atoms with Gasteiger partial charge < -0.3 is 10.6 Å². The fraction of sp³-hybridized carbons (Fsp3) is 0.900. The van der Waals surface area contributed by atoms with Crippen LogP contribution in [0.1, 0.15) is 26.7 Å². The molecular formula is C10H18N2O. The van der Waals surface area contributed by atoms with E-state index in [0.29, 0.717) is 5.41 Å². The molecule has 0 aromatic heterocycles. The molecule has 1 heterocycles. The summed E-state index contributed by atoms with van der Waals surface area (Å²) < 4.78 is 0. The van der Waals surface area contributed by atoms with Crippen LogP contribution < -0.4 is 5.73 Å². The number of carbonyl (C=O) groups excluding carboxylic acids is 1. The Hall–Kier alpha value is -0.570. The Labute approximate surface area is 79.3 Å². The number of hydrogen-bond acceptors (Lipinski definition) is 2. The molecule has 74 valence electrons. The number of carbonyl (C=O) groups is 1. The molecule has 0 radical (unpaired) electrons. The predicted molar refractivity (Wildman–Crippen MR) is 51.1 cm³/mol. The van der Waals surface area contributed by atoms with Gasteiger partial charge in [0.1, 0.15) is 0 Å². The second-order valence-electron chi connectivity index (χ2n) is 4.84. The van der Waals surface area contributed by atoms with Crippen LogP contribution in [0.15, 0.2) is 0 Å². The van der Waals surface area contributed by atoms with Crippen LogP contribution in [-0.2, 0) is 4.79 Å². The van der Waals surface area contributed by atoms with Crippen molar-refractivity contribution in [1.29, 1.82) is 0 Å². The molecule has 2 rings (SSSR count). The smallest absolute Gasteiger partial charge is 0.225 e. The summed E-state index contributed by atoms with van der Waals surface area (Å²) in [6.45, 7) is 5.58. The Bertz CT molecular complexity index is 233. The zero-order chi connectivity index (χ0) is 9.64. The standard InChI is InChI=1S/C10H18N2O/c1-7(2)9(13)12-5-8(11)10(6-12)3-4-10/h7-8H,3-6,11H2,1-2H3. The predicted octanol–water partition coefficient (Wildman–Crippen LogP) is 0.592. The Balaban J connectivity index is 2.01. The topological polar surface area (TPSA) is 46.3 Å². The van der Waals surface area contributed by atoms with E-state index in [-0.39, 0.29) is 17.9 Å². The molecule has 13 heavy (non-hydrogen) atoms. The molecule has 1 aliphatic heterocycles. The molecule has 1 amide bonds. The van der Waals surface area contributed by atoms with E-state index in [0.717, 1.165) is 13.1 Å². The van der Waals surface area contributed by atoms with Crippen molar-refractivity contribution in [2.45, 2.75) is 32.7 Å². The number of rotatable bonds is 1. The molecule has 1 spiro atoms. The number of likely N-dealkylation sites (tertiary alicyclic amines) is 1. The van der Waals surface area contributed by atoms with E-state index >= 15 is 0 Å². The monoisotopic (exact) mass is 182 g/mol. The third kappa shape index (κ3) is 1.35. The summed E-state index contributed by atoms with van der Waals surface area (Å²) in [7, 11) is 0. The highest BCUT2D eigenvalue weighted by Crippen LogP contribution is 2.52. The molecule has 1 atom stereocenters. The first-order valence-corrected chi connectivity index (χ1v) is 5.09. The van der Waals surface area contributed by atoms with Crippen molar-refractivity contribution in [3.63, 3.8) is 0 Å². The van der Waals surface area contributed by atoms with Crippen molar-refractivity contribution < 1.29 is 4.79 Å². The lowest BCUT2D eigenvalue weighted by Crippen LogP contribution is -2.34. The summed E-state index contributed by atoms with van der Waals surface area (Å²) in [5, 5.41) is 0. The van der Waals surface area contributed by atoms with Crippen molar-refractivity contribution in [2.24, 2.45) is 17.1 Å². The summed E-state index contributed by atoms with van der Waals surface area (Å²) in [5.74, 6) is 0.375. The number of nitrogens with two attached hydrogens (primary N) is 1. The number of nitrogens with zero attached hydrogens (tertiary/aromatic N) is 1. The minimum atomic E-state index is 0.112. The molecule has 2 aliphatic rings. The van der Waals surface area contributed by atoms with Gasteiger partial charge in [0.2, 0.25) is 5.91 Å². The molecule has 2 N–H and O–H groups in total. The van der Waals surface area contributed by atoms with E-state index in [9.17, 15) is 4.79 Å². The summed E-state index contributed by atoms with van der Waals surface area (Å²) in [6.07, 6.45) is 2.44. The van der Waals surface area contributed by atoms with Crippen molar-refractivity contribution in [3.05, 3.63) is 0 Å². The van der Waals surface area contributed by atoms with E-state index in [2.05, 4.69) is 0 Å². The van der Waals surface area contributed by atoms with Crippen molar-refractivity contribution in [2.75, 3.05) is 13.1 Å². The van der Waals surface area contributed by atoms with Crippen molar-refractivity contribution in [1.82, 2.24) is 4.90 Å². The fourth-order valence-corrected chi connectivity index (χ4v) is 2.22. The maximum atomic E-state index is 11.7. The van der Waals surface area contributed by atoms with Gasteiger partial charge in [0.25, 0.3) is 0 Å². The largest absolute Gasteiger partial charge is 0.340 e. The van der Waals surface area contributed by atoms with Gasteiger partial charge in [-0.15, -0.1) is 0 Å². The molecule has 0 aromatic carbocycles. The highest BCUT2D eigenvalue weighted by atomic mass is 16.2. The van der Waals surface area contributed by atoms with Gasteiger partial charge in [-0.05, 0) is 12.8 Å². The maximum absolute atomic E-state index is 11.7. The normalized spacial score (nSPS) is 30.2. The van der Waals surface area contributed by atoms with Gasteiger partial charge >= 0.3 is 0 Å². The van der Waals surface area contributed by atoms with Crippen LogP contribution in [0.2, 0.25) is 0 Å². The average molecular weight is 182 g/mol. The Morgan fingerprint density at radius 3 is 2.54 bits per heavy atom. The first kappa shape index (κ1) is 9.00. The Morgan fingerprint density at radius 1 is 1.54 bits per heavy atom. The van der Waals surface area contributed by atoms with Crippen molar-refractivity contribution >= 4 is 5.91 Å². The van der Waals surface area contributed by atoms with E-state index in [1.54, 1.807) is 0 Å². The van der Waals surface area contributed by atoms with Gasteiger partial charge in [0.05, 0.1) is 0 Å². The summed E-state index contributed by atoms with van der Waals surface area (Å²) >= 11 is 0. The number of hydrogen-bond donors (Lipinski definition) is 1. The van der Waals surface area contributed by atoms with Crippen LogP contribution in [-0.4, -0.2) is 29.9 Å². The third-order valence-electron chi connectivity index (χ3n) is 3.41. The molecule has 1 aliphatic carbocycles. The maximum Gasteiger partial charge on any atom is 0.225 e. The lowest BCUT2D eigenvalue weighted by Gasteiger charge is -2.18. The molecule has 2 fully saturated rings. The lowest BCUT2D eigenvalue weighted by molar-refractivity contribution is -0.133. The molecule has 1 unspecified atom stereocenters. The first-order valence-electron chi connectivity index (χ1n) is 5.09. The molecule has 0 bridgehead atoms. The zero-order valence-corrected chi connectivity index (χ0v) is 8.42. The third-order valence-corrected chi connectivity index (χ3v) is 3.41. The van der Waals surface area contributed by atoms with Crippen LogP contribution in [0.3, 0.4) is 0 Å². The zero-order valence-electron chi connectivity index (χ0n) is 8.42. The summed E-state index contributed by atoms with van der Waals surface area (Å²) in [6, 6.07) is 0.232. The second kappa shape index (κ2) is 2.71. The van der Waals surface area contributed by atoms with Crippen LogP contribution >= 0.6 is 0 Å².